The Morgan fingerprint density at radius 2 is 2.12 bits per heavy atom. The van der Waals surface area contributed by atoms with Crippen LogP contribution in [0.1, 0.15) is 38.3 Å². The normalized spacial score (nSPS) is 25.8. The fraction of sp³-hybridized carbons (Fsp3) is 0.571. The first-order chi connectivity index (χ1) is 8.15. The van der Waals surface area contributed by atoms with Crippen molar-refractivity contribution < 1.29 is 4.74 Å². The lowest BCUT2D eigenvalue weighted by Crippen LogP contribution is -2.32. The summed E-state index contributed by atoms with van der Waals surface area (Å²) in [4.78, 5) is 0. The van der Waals surface area contributed by atoms with Crippen molar-refractivity contribution in [3.8, 4) is 5.75 Å². The van der Waals surface area contributed by atoms with Gasteiger partial charge in [0.1, 0.15) is 5.75 Å². The van der Waals surface area contributed by atoms with Crippen LogP contribution >= 0.6 is 11.8 Å². The molecule has 2 atom stereocenters. The average molecular weight is 251 g/mol. The first kappa shape index (κ1) is 12.8. The zero-order chi connectivity index (χ0) is 12.3. The van der Waals surface area contributed by atoms with Crippen molar-refractivity contribution in [3.63, 3.8) is 0 Å². The van der Waals surface area contributed by atoms with Crippen molar-refractivity contribution in [1.29, 1.82) is 0 Å². The van der Waals surface area contributed by atoms with Crippen LogP contribution in [0.4, 0.5) is 0 Å². The highest BCUT2D eigenvalue weighted by Gasteiger charge is 2.36. The average Bonchev–Trinajstić information content (AvgIpc) is 2.78. The SMILES string of the molecule is CCOc1ccc(C(N)C2(C)CCCS2)cc1. The number of benzene rings is 1. The molecule has 0 radical (unpaired) electrons. The van der Waals surface area contributed by atoms with Gasteiger partial charge in [0.05, 0.1) is 6.61 Å². The van der Waals surface area contributed by atoms with Gasteiger partial charge in [-0.3, -0.25) is 0 Å². The molecule has 0 bridgehead atoms. The quantitative estimate of drug-likeness (QED) is 0.891. The maximum atomic E-state index is 6.40. The molecule has 1 heterocycles. The highest BCUT2D eigenvalue weighted by molar-refractivity contribution is 8.00. The van der Waals surface area contributed by atoms with E-state index < -0.39 is 0 Å². The Morgan fingerprint density at radius 3 is 2.65 bits per heavy atom. The van der Waals surface area contributed by atoms with Crippen molar-refractivity contribution in [1.82, 2.24) is 0 Å². The van der Waals surface area contributed by atoms with Crippen LogP contribution in [0.2, 0.25) is 0 Å². The fourth-order valence-electron chi connectivity index (χ4n) is 2.34. The van der Waals surface area contributed by atoms with Gasteiger partial charge in [-0.25, -0.2) is 0 Å². The van der Waals surface area contributed by atoms with E-state index in [1.165, 1.54) is 24.2 Å². The highest BCUT2D eigenvalue weighted by atomic mass is 32.2. The molecule has 2 N–H and O–H groups in total. The molecule has 1 aliphatic heterocycles. The summed E-state index contributed by atoms with van der Waals surface area (Å²) in [6.45, 7) is 4.99. The molecule has 1 aliphatic rings. The molecule has 1 aromatic rings. The number of thioether (sulfide) groups is 1. The van der Waals surface area contributed by atoms with E-state index in [0.29, 0.717) is 6.61 Å². The Hall–Kier alpha value is -0.670. The monoisotopic (exact) mass is 251 g/mol. The fourth-order valence-corrected chi connectivity index (χ4v) is 3.70. The minimum absolute atomic E-state index is 0.116. The van der Waals surface area contributed by atoms with E-state index in [4.69, 9.17) is 10.5 Å². The summed E-state index contributed by atoms with van der Waals surface area (Å²) in [7, 11) is 0. The van der Waals surface area contributed by atoms with E-state index in [1.807, 2.05) is 30.8 Å². The molecule has 1 saturated heterocycles. The first-order valence-electron chi connectivity index (χ1n) is 6.28. The van der Waals surface area contributed by atoms with Gasteiger partial charge in [0, 0.05) is 10.8 Å². The van der Waals surface area contributed by atoms with E-state index in [0.717, 1.165) is 5.75 Å². The lowest BCUT2D eigenvalue weighted by atomic mass is 9.91. The van der Waals surface area contributed by atoms with Crippen molar-refractivity contribution in [2.24, 2.45) is 5.73 Å². The predicted octanol–water partition coefficient (Wildman–Crippen LogP) is 3.37. The van der Waals surface area contributed by atoms with Gasteiger partial charge in [-0.15, -0.1) is 0 Å². The van der Waals surface area contributed by atoms with Crippen molar-refractivity contribution in [2.45, 2.75) is 37.5 Å². The molecule has 17 heavy (non-hydrogen) atoms. The van der Waals surface area contributed by atoms with E-state index in [2.05, 4.69) is 19.1 Å². The van der Waals surface area contributed by atoms with Crippen LogP contribution in [-0.4, -0.2) is 17.1 Å². The molecule has 3 heteroatoms. The third kappa shape index (κ3) is 2.78. The van der Waals surface area contributed by atoms with E-state index in [-0.39, 0.29) is 10.8 Å². The minimum Gasteiger partial charge on any atom is -0.494 e. The zero-order valence-electron chi connectivity index (χ0n) is 10.6. The summed E-state index contributed by atoms with van der Waals surface area (Å²) < 4.78 is 5.65. The number of hydrogen-bond donors (Lipinski definition) is 1. The molecule has 0 saturated carbocycles. The van der Waals surface area contributed by atoms with Gasteiger partial charge in [0.2, 0.25) is 0 Å². The van der Waals surface area contributed by atoms with Crippen LogP contribution in [-0.2, 0) is 0 Å². The van der Waals surface area contributed by atoms with Gasteiger partial charge >= 0.3 is 0 Å². The minimum atomic E-state index is 0.116. The Morgan fingerprint density at radius 1 is 1.41 bits per heavy atom. The number of hydrogen-bond acceptors (Lipinski definition) is 3. The molecule has 1 fully saturated rings. The van der Waals surface area contributed by atoms with Crippen molar-refractivity contribution in [3.05, 3.63) is 29.8 Å². The summed E-state index contributed by atoms with van der Waals surface area (Å²) in [5, 5.41) is 0. The molecule has 2 rings (SSSR count). The van der Waals surface area contributed by atoms with Crippen LogP contribution in [0.15, 0.2) is 24.3 Å². The third-order valence-electron chi connectivity index (χ3n) is 3.46. The van der Waals surface area contributed by atoms with Crippen molar-refractivity contribution >= 4 is 11.8 Å². The zero-order valence-corrected chi connectivity index (χ0v) is 11.4. The van der Waals surface area contributed by atoms with Gasteiger partial charge in [-0.2, -0.15) is 11.8 Å². The lowest BCUT2D eigenvalue weighted by molar-refractivity contribution is 0.340. The lowest BCUT2D eigenvalue weighted by Gasteiger charge is -2.30. The number of rotatable bonds is 4. The smallest absolute Gasteiger partial charge is 0.119 e. The number of ether oxygens (including phenoxy) is 1. The summed E-state index contributed by atoms with van der Waals surface area (Å²) >= 11 is 2.01. The molecule has 2 nitrogen and oxygen atoms in total. The van der Waals surface area contributed by atoms with Gasteiger partial charge in [0.15, 0.2) is 0 Å². The molecule has 0 amide bonds. The predicted molar refractivity (Wildman–Crippen MR) is 74.6 cm³/mol. The molecular formula is C14H21NOS. The van der Waals surface area contributed by atoms with Crippen LogP contribution in [0.25, 0.3) is 0 Å². The van der Waals surface area contributed by atoms with E-state index >= 15 is 0 Å². The molecule has 0 spiro atoms. The molecule has 0 aliphatic carbocycles. The molecule has 2 unspecified atom stereocenters. The molecule has 1 aromatic carbocycles. The standard InChI is InChI=1S/C14H21NOS/c1-3-16-12-7-5-11(6-8-12)13(15)14(2)9-4-10-17-14/h5-8,13H,3-4,9-10,15H2,1-2H3. The Kier molecular flexibility index (Phi) is 4.00. The topological polar surface area (TPSA) is 35.2 Å². The molecular weight excluding hydrogens is 230 g/mol. The van der Waals surface area contributed by atoms with Gasteiger partial charge in [-0.1, -0.05) is 12.1 Å². The Labute approximate surface area is 108 Å². The number of nitrogens with two attached hydrogens (primary N) is 1. The largest absolute Gasteiger partial charge is 0.494 e. The van der Waals surface area contributed by atoms with E-state index in [9.17, 15) is 0 Å². The summed E-state index contributed by atoms with van der Waals surface area (Å²) in [6.07, 6.45) is 2.50. The van der Waals surface area contributed by atoms with Gasteiger partial charge in [-0.05, 0) is 50.1 Å². The summed E-state index contributed by atoms with van der Waals surface area (Å²) in [6, 6.07) is 8.34. The Bertz CT molecular complexity index is 357. The second-order valence-corrected chi connectivity index (χ2v) is 6.37. The summed E-state index contributed by atoms with van der Waals surface area (Å²) in [5.41, 5.74) is 7.61. The maximum Gasteiger partial charge on any atom is 0.119 e. The van der Waals surface area contributed by atoms with Gasteiger partial charge in [0.25, 0.3) is 0 Å². The van der Waals surface area contributed by atoms with E-state index in [1.54, 1.807) is 0 Å². The van der Waals surface area contributed by atoms with Crippen LogP contribution < -0.4 is 10.5 Å². The van der Waals surface area contributed by atoms with Crippen LogP contribution in [0.5, 0.6) is 5.75 Å². The van der Waals surface area contributed by atoms with Crippen LogP contribution in [0.3, 0.4) is 0 Å². The second-order valence-electron chi connectivity index (χ2n) is 4.74. The highest BCUT2D eigenvalue weighted by Crippen LogP contribution is 2.45. The van der Waals surface area contributed by atoms with Crippen molar-refractivity contribution in [2.75, 3.05) is 12.4 Å². The molecule has 0 aromatic heterocycles. The molecule has 94 valence electrons. The first-order valence-corrected chi connectivity index (χ1v) is 7.26. The summed E-state index contributed by atoms with van der Waals surface area (Å²) in [5.74, 6) is 2.16. The second kappa shape index (κ2) is 5.32. The third-order valence-corrected chi connectivity index (χ3v) is 5.07. The maximum absolute atomic E-state index is 6.40. The Balaban J connectivity index is 2.11. The van der Waals surface area contributed by atoms with Crippen LogP contribution in [0, 0.1) is 0 Å². The van der Waals surface area contributed by atoms with Gasteiger partial charge < -0.3 is 10.5 Å².